The maximum Gasteiger partial charge on any atom is 0.241 e. The van der Waals surface area contributed by atoms with Gasteiger partial charge in [0.05, 0.1) is 18.1 Å². The van der Waals surface area contributed by atoms with Crippen molar-refractivity contribution in [2.45, 2.75) is 17.9 Å². The van der Waals surface area contributed by atoms with Crippen LogP contribution in [0.5, 0.6) is 0 Å². The van der Waals surface area contributed by atoms with Gasteiger partial charge in [0, 0.05) is 36.4 Å². The van der Waals surface area contributed by atoms with Crippen LogP contribution in [-0.4, -0.2) is 59.8 Å². The summed E-state index contributed by atoms with van der Waals surface area (Å²) in [4.78, 5) is 3.68. The number of hydrogen-bond donors (Lipinski definition) is 2. The number of rotatable bonds is 8. The number of hydrogen-bond acceptors (Lipinski definition) is 6. The third-order valence-electron chi connectivity index (χ3n) is 3.34. The summed E-state index contributed by atoms with van der Waals surface area (Å²) in [5, 5.41) is 4.71. The van der Waals surface area contributed by atoms with Crippen LogP contribution in [-0.2, 0) is 21.3 Å². The molecule has 2 N–H and O–H groups in total. The molecule has 2 heterocycles. The van der Waals surface area contributed by atoms with Crippen LogP contribution in [0.1, 0.15) is 11.3 Å². The first-order valence-corrected chi connectivity index (χ1v) is 9.50. The van der Waals surface area contributed by atoms with Crippen molar-refractivity contribution in [3.63, 3.8) is 0 Å². The largest absolute Gasteiger partial charge is 0.379 e. The van der Waals surface area contributed by atoms with E-state index in [0.29, 0.717) is 18.0 Å². The molecule has 1 aromatic rings. The van der Waals surface area contributed by atoms with Crippen LogP contribution in [0.3, 0.4) is 0 Å². The second-order valence-electron chi connectivity index (χ2n) is 4.98. The first-order valence-electron chi connectivity index (χ1n) is 7.13. The molecule has 2 rings (SSSR count). The summed E-state index contributed by atoms with van der Waals surface area (Å²) in [7, 11) is -1.53. The smallest absolute Gasteiger partial charge is 0.241 e. The maximum atomic E-state index is 12.1. The van der Waals surface area contributed by atoms with Crippen molar-refractivity contribution in [3.8, 4) is 0 Å². The van der Waals surface area contributed by atoms with Crippen LogP contribution in [0.25, 0.3) is 0 Å². The molecule has 1 saturated heterocycles. The molecular formula is C13H23N3O3S2. The van der Waals surface area contributed by atoms with Crippen molar-refractivity contribution < 1.29 is 13.2 Å². The van der Waals surface area contributed by atoms with Gasteiger partial charge in [0.2, 0.25) is 10.0 Å². The van der Waals surface area contributed by atoms with Crippen LogP contribution in [0.2, 0.25) is 0 Å². The van der Waals surface area contributed by atoms with E-state index in [1.54, 1.807) is 11.4 Å². The minimum Gasteiger partial charge on any atom is -0.379 e. The fourth-order valence-electron chi connectivity index (χ4n) is 2.19. The predicted octanol–water partition coefficient (Wildman–Crippen LogP) is 0.468. The fourth-order valence-corrected chi connectivity index (χ4v) is 4.55. The monoisotopic (exact) mass is 333 g/mol. The number of sulfonamides is 1. The van der Waals surface area contributed by atoms with Crippen LogP contribution in [0.4, 0.5) is 0 Å². The van der Waals surface area contributed by atoms with Gasteiger partial charge in [0.15, 0.2) is 0 Å². The molecule has 0 bridgehead atoms. The molecule has 1 aliphatic rings. The van der Waals surface area contributed by atoms with E-state index in [9.17, 15) is 8.42 Å². The Labute approximate surface area is 130 Å². The average molecular weight is 333 g/mol. The van der Waals surface area contributed by atoms with Gasteiger partial charge in [0.1, 0.15) is 0 Å². The van der Waals surface area contributed by atoms with E-state index in [1.165, 1.54) is 11.3 Å². The highest BCUT2D eigenvalue weighted by Crippen LogP contribution is 2.18. The third-order valence-corrected chi connectivity index (χ3v) is 5.86. The molecule has 1 aliphatic heterocycles. The predicted molar refractivity (Wildman–Crippen MR) is 84.1 cm³/mol. The fraction of sp³-hybridized carbons (Fsp3) is 0.692. The molecule has 21 heavy (non-hydrogen) atoms. The molecule has 0 amide bonds. The highest BCUT2D eigenvalue weighted by atomic mass is 32.2. The van der Waals surface area contributed by atoms with Gasteiger partial charge in [-0.2, -0.15) is 0 Å². The topological polar surface area (TPSA) is 70.7 Å². The van der Waals surface area contributed by atoms with Gasteiger partial charge in [-0.1, -0.05) is 0 Å². The van der Waals surface area contributed by atoms with Crippen molar-refractivity contribution in [2.24, 2.45) is 0 Å². The second-order valence-corrected chi connectivity index (χ2v) is 7.75. The normalized spacial score (nSPS) is 17.2. The van der Waals surface area contributed by atoms with E-state index in [0.717, 1.165) is 44.1 Å². The van der Waals surface area contributed by atoms with Crippen LogP contribution in [0, 0.1) is 0 Å². The molecule has 0 atom stereocenters. The molecular weight excluding hydrogens is 310 g/mol. The van der Waals surface area contributed by atoms with E-state index in [-0.39, 0.29) is 0 Å². The first kappa shape index (κ1) is 16.9. The molecule has 0 radical (unpaired) electrons. The number of ether oxygens (including phenoxy) is 1. The first-order chi connectivity index (χ1) is 10.1. The Bertz CT molecular complexity index is 525. The minimum absolute atomic E-state index is 0.365. The average Bonchev–Trinajstić information content (AvgIpc) is 2.95. The van der Waals surface area contributed by atoms with Crippen LogP contribution < -0.4 is 10.0 Å². The molecule has 1 aromatic heterocycles. The van der Waals surface area contributed by atoms with Crippen LogP contribution >= 0.6 is 11.3 Å². The number of morpholine rings is 1. The quantitative estimate of drug-likeness (QED) is 0.677. The van der Waals surface area contributed by atoms with E-state index >= 15 is 0 Å². The van der Waals surface area contributed by atoms with Crippen molar-refractivity contribution in [2.75, 3.05) is 46.4 Å². The zero-order valence-electron chi connectivity index (χ0n) is 12.3. The van der Waals surface area contributed by atoms with E-state index in [2.05, 4.69) is 14.9 Å². The number of nitrogens with one attached hydrogen (secondary N) is 2. The molecule has 8 heteroatoms. The lowest BCUT2D eigenvalue weighted by Gasteiger charge is -2.26. The van der Waals surface area contributed by atoms with E-state index in [1.807, 2.05) is 7.05 Å². The molecule has 0 spiro atoms. The van der Waals surface area contributed by atoms with Gasteiger partial charge in [-0.25, -0.2) is 13.1 Å². The molecule has 120 valence electrons. The molecule has 0 saturated carbocycles. The maximum absolute atomic E-state index is 12.1. The van der Waals surface area contributed by atoms with Gasteiger partial charge in [-0.15, -0.1) is 11.3 Å². The Hall–Kier alpha value is -0.510. The minimum atomic E-state index is -3.37. The zero-order chi connectivity index (χ0) is 15.1. The molecule has 0 aliphatic carbocycles. The summed E-state index contributed by atoms with van der Waals surface area (Å²) in [6.45, 7) is 5.48. The third kappa shape index (κ3) is 5.32. The molecule has 0 unspecified atom stereocenters. The lowest BCUT2D eigenvalue weighted by molar-refractivity contribution is 0.0376. The highest BCUT2D eigenvalue weighted by Gasteiger charge is 2.16. The summed E-state index contributed by atoms with van der Waals surface area (Å²) in [5.74, 6) is 0. The molecule has 1 fully saturated rings. The van der Waals surface area contributed by atoms with Crippen molar-refractivity contribution in [1.82, 2.24) is 14.9 Å². The standard InChI is InChI=1S/C13H23N3O3S2/c1-14-10-12-9-13(11-20-12)21(17,18)15-3-2-4-16-5-7-19-8-6-16/h9,11,14-15H,2-8,10H2,1H3. The van der Waals surface area contributed by atoms with E-state index in [4.69, 9.17) is 4.74 Å². The lowest BCUT2D eigenvalue weighted by atomic mass is 10.3. The Morgan fingerprint density at radius 2 is 2.14 bits per heavy atom. The summed E-state index contributed by atoms with van der Waals surface area (Å²) in [5.41, 5.74) is 0. The summed E-state index contributed by atoms with van der Waals surface area (Å²) < 4.78 is 32.2. The van der Waals surface area contributed by atoms with Gasteiger partial charge in [0.25, 0.3) is 0 Å². The second kappa shape index (κ2) is 8.21. The molecule has 6 nitrogen and oxygen atoms in total. The van der Waals surface area contributed by atoms with Crippen molar-refractivity contribution >= 4 is 21.4 Å². The van der Waals surface area contributed by atoms with Gasteiger partial charge < -0.3 is 10.1 Å². The Morgan fingerprint density at radius 1 is 1.38 bits per heavy atom. The number of thiophene rings is 1. The highest BCUT2D eigenvalue weighted by molar-refractivity contribution is 7.89. The molecule has 0 aromatic carbocycles. The van der Waals surface area contributed by atoms with Gasteiger partial charge >= 0.3 is 0 Å². The van der Waals surface area contributed by atoms with Gasteiger partial charge in [-0.05, 0) is 26.1 Å². The Balaban J connectivity index is 1.75. The SMILES string of the molecule is CNCc1cc(S(=O)(=O)NCCCN2CCOCC2)cs1. The summed E-state index contributed by atoms with van der Waals surface area (Å²) >= 11 is 1.46. The van der Waals surface area contributed by atoms with Gasteiger partial charge in [-0.3, -0.25) is 4.90 Å². The number of nitrogens with zero attached hydrogens (tertiary/aromatic N) is 1. The van der Waals surface area contributed by atoms with Crippen LogP contribution in [0.15, 0.2) is 16.3 Å². The Morgan fingerprint density at radius 3 is 2.86 bits per heavy atom. The summed E-state index contributed by atoms with van der Waals surface area (Å²) in [6.07, 6.45) is 0.812. The zero-order valence-corrected chi connectivity index (χ0v) is 13.9. The Kier molecular flexibility index (Phi) is 6.59. The van der Waals surface area contributed by atoms with Crippen molar-refractivity contribution in [1.29, 1.82) is 0 Å². The van der Waals surface area contributed by atoms with E-state index < -0.39 is 10.0 Å². The summed E-state index contributed by atoms with van der Waals surface area (Å²) in [6, 6.07) is 1.73. The van der Waals surface area contributed by atoms with Crippen molar-refractivity contribution in [3.05, 3.63) is 16.3 Å². The lowest BCUT2D eigenvalue weighted by Crippen LogP contribution is -2.38.